The van der Waals surface area contributed by atoms with Gasteiger partial charge in [-0.15, -0.1) is 0 Å². The summed E-state index contributed by atoms with van der Waals surface area (Å²) < 4.78 is 10.8. The van der Waals surface area contributed by atoms with Crippen LogP contribution in [0.25, 0.3) is 11.6 Å². The molecule has 2 fully saturated rings. The Morgan fingerprint density at radius 3 is 2.12 bits per heavy atom. The largest absolute Gasteiger partial charge is 0.507 e. The molecule has 0 bridgehead atoms. The summed E-state index contributed by atoms with van der Waals surface area (Å²) in [5.41, 5.74) is 1.04. The van der Waals surface area contributed by atoms with E-state index < -0.39 is 58.5 Å². The molecule has 8 rings (SSSR count). The predicted molar refractivity (Wildman–Crippen MR) is 205 cm³/mol. The van der Waals surface area contributed by atoms with Crippen molar-refractivity contribution >= 4 is 46.7 Å². The minimum atomic E-state index is -1.43. The fraction of sp³-hybridized carbons (Fsp3) is 0.222. The molecule has 1 saturated carbocycles. The molecule has 3 N–H and O–H groups in total. The lowest BCUT2D eigenvalue weighted by Gasteiger charge is -2.54. The van der Waals surface area contributed by atoms with Gasteiger partial charge in [-0.3, -0.25) is 19.2 Å². The number of carboxylic acid groups (broad SMARTS) is 1. The minimum absolute atomic E-state index is 0.0396. The Balaban J connectivity index is 1.32. The van der Waals surface area contributed by atoms with Gasteiger partial charge in [0, 0.05) is 23.5 Å². The first kappa shape index (κ1) is 36.2. The van der Waals surface area contributed by atoms with Crippen molar-refractivity contribution in [2.24, 2.45) is 29.6 Å². The van der Waals surface area contributed by atoms with E-state index >= 15 is 9.59 Å². The van der Waals surface area contributed by atoms with Crippen LogP contribution in [-0.2, 0) is 24.6 Å². The van der Waals surface area contributed by atoms with Crippen LogP contribution in [0.3, 0.4) is 0 Å². The van der Waals surface area contributed by atoms with Crippen LogP contribution >= 0.6 is 0 Å². The van der Waals surface area contributed by atoms with E-state index in [1.54, 1.807) is 42.5 Å². The van der Waals surface area contributed by atoms with E-state index in [0.29, 0.717) is 16.7 Å². The molecule has 11 heteroatoms. The molecular weight excluding hydrogens is 714 g/mol. The zero-order chi connectivity index (χ0) is 39.5. The van der Waals surface area contributed by atoms with Gasteiger partial charge in [-0.2, -0.15) is 0 Å². The van der Waals surface area contributed by atoms with E-state index in [-0.39, 0.29) is 58.5 Å². The van der Waals surface area contributed by atoms with Crippen LogP contribution in [0.4, 0.5) is 5.69 Å². The smallest absolute Gasteiger partial charge is 0.339 e. The zero-order valence-electron chi connectivity index (χ0n) is 30.4. The Morgan fingerprint density at radius 2 is 1.50 bits per heavy atom. The Kier molecular flexibility index (Phi) is 8.95. The number of nitrogens with zero attached hydrogens (tertiary/aromatic N) is 1. The summed E-state index contributed by atoms with van der Waals surface area (Å²) in [4.78, 5) is 71.5. The van der Waals surface area contributed by atoms with Crippen molar-refractivity contribution in [1.29, 1.82) is 0 Å². The third kappa shape index (κ3) is 5.44. The van der Waals surface area contributed by atoms with Crippen LogP contribution in [0.15, 0.2) is 115 Å². The van der Waals surface area contributed by atoms with Crippen molar-refractivity contribution < 1.29 is 48.8 Å². The highest BCUT2D eigenvalue weighted by molar-refractivity contribution is 6.31. The van der Waals surface area contributed by atoms with E-state index in [0.717, 1.165) is 22.6 Å². The van der Waals surface area contributed by atoms with Gasteiger partial charge in [-0.25, -0.2) is 9.69 Å². The molecule has 6 atom stereocenters. The molecule has 6 unspecified atom stereocenters. The van der Waals surface area contributed by atoms with E-state index in [9.17, 15) is 29.7 Å². The van der Waals surface area contributed by atoms with Crippen molar-refractivity contribution in [2.75, 3.05) is 19.1 Å². The molecule has 1 saturated heterocycles. The highest BCUT2D eigenvalue weighted by atomic mass is 16.5. The van der Waals surface area contributed by atoms with Crippen LogP contribution in [0.1, 0.15) is 39.9 Å². The number of methoxy groups -OCH3 is 2. The number of carbonyl (C=O) groups is 5. The summed E-state index contributed by atoms with van der Waals surface area (Å²) in [6.07, 6.45) is 7.27. The molecule has 3 aliphatic carbocycles. The molecule has 4 aromatic carbocycles. The summed E-state index contributed by atoms with van der Waals surface area (Å²) in [6.45, 7) is 0. The number of amides is 2. The molecule has 1 aliphatic heterocycles. The Labute approximate surface area is 321 Å². The SMILES string of the molecule is COc1cc(C=CC2C3=CCC4C(=O)N(c5ccc(C(=O)O)c(O)c5)C(=O)C4C3CC3C(=O)C(c4ccccc4)=CC(=O)C23c2ccccc2)cc(OC)c1O. The summed E-state index contributed by atoms with van der Waals surface area (Å²) in [5, 5.41) is 30.6. The predicted octanol–water partition coefficient (Wildman–Crippen LogP) is 6.39. The number of ether oxygens (including phenoxy) is 2. The molecule has 0 spiro atoms. The first-order valence-electron chi connectivity index (χ1n) is 18.2. The number of phenolic OH excluding ortho intramolecular Hbond substituents is 1. The van der Waals surface area contributed by atoms with Gasteiger partial charge in [-0.1, -0.05) is 84.5 Å². The Morgan fingerprint density at radius 1 is 0.839 bits per heavy atom. The van der Waals surface area contributed by atoms with Crippen LogP contribution < -0.4 is 14.4 Å². The second-order valence-electron chi connectivity index (χ2n) is 14.5. The van der Waals surface area contributed by atoms with Gasteiger partial charge in [-0.05, 0) is 65.8 Å². The number of carboxylic acids is 1. The number of rotatable bonds is 8. The maximum Gasteiger partial charge on any atom is 0.339 e. The second-order valence-corrected chi connectivity index (χ2v) is 14.5. The fourth-order valence-corrected chi connectivity index (χ4v) is 9.43. The molecule has 2 amide bonds. The number of benzene rings is 4. The van der Waals surface area contributed by atoms with Crippen molar-refractivity contribution in [1.82, 2.24) is 0 Å². The number of anilines is 1. The summed E-state index contributed by atoms with van der Waals surface area (Å²) in [5.74, 6) is -7.43. The number of imide groups is 1. The third-order valence-corrected chi connectivity index (χ3v) is 11.9. The summed E-state index contributed by atoms with van der Waals surface area (Å²) in [7, 11) is 2.83. The van der Waals surface area contributed by atoms with Gasteiger partial charge in [0.1, 0.15) is 11.3 Å². The lowest BCUT2D eigenvalue weighted by molar-refractivity contribution is -0.135. The maximum absolute atomic E-state index is 15.2. The average Bonchev–Trinajstić information content (AvgIpc) is 3.47. The molecule has 4 aliphatic rings. The van der Waals surface area contributed by atoms with Gasteiger partial charge in [0.2, 0.25) is 17.6 Å². The molecular formula is C45H37NO10. The summed E-state index contributed by atoms with van der Waals surface area (Å²) in [6, 6.07) is 25.0. The second kappa shape index (κ2) is 13.8. The van der Waals surface area contributed by atoms with Crippen LogP contribution in [-0.4, -0.2) is 58.9 Å². The number of Topliss-reactive ketones (excluding diaryl/α,β-unsaturated/α-hetero) is 1. The van der Waals surface area contributed by atoms with Crippen LogP contribution in [0.2, 0.25) is 0 Å². The van der Waals surface area contributed by atoms with Crippen molar-refractivity contribution in [3.8, 4) is 23.0 Å². The average molecular weight is 752 g/mol. The van der Waals surface area contributed by atoms with Crippen LogP contribution in [0.5, 0.6) is 23.0 Å². The van der Waals surface area contributed by atoms with Crippen molar-refractivity contribution in [3.63, 3.8) is 0 Å². The normalized spacial score (nSPS) is 25.6. The lowest BCUT2D eigenvalue weighted by atomic mass is 9.45. The number of phenols is 2. The highest BCUT2D eigenvalue weighted by Crippen LogP contribution is 2.61. The molecule has 0 aromatic heterocycles. The Bertz CT molecular complexity index is 2390. The molecule has 4 aromatic rings. The number of allylic oxidation sites excluding steroid dienone is 5. The zero-order valence-corrected chi connectivity index (χ0v) is 30.4. The van der Waals surface area contributed by atoms with Gasteiger partial charge in [0.25, 0.3) is 0 Å². The number of hydrogen-bond donors (Lipinski definition) is 3. The third-order valence-electron chi connectivity index (χ3n) is 11.9. The highest BCUT2D eigenvalue weighted by Gasteiger charge is 2.65. The molecule has 0 radical (unpaired) electrons. The molecule has 1 heterocycles. The number of ketones is 2. The van der Waals surface area contributed by atoms with E-state index in [2.05, 4.69) is 0 Å². The molecule has 56 heavy (non-hydrogen) atoms. The standard InChI is InChI=1S/C45H37NO10/c1-55-36-19-24(20-37(56-2)41(36)50)13-18-33-28-16-17-30-39(43(52)46(42(30)51)27-14-15-29(44(53)54)35(47)21-27)32(28)22-34-40(49)31(25-9-5-3-6-10-25)23-38(48)45(33,34)26-11-7-4-8-12-26/h3-16,18-21,23,30,32-34,39,47,50H,17,22H2,1-2H3,(H,53,54). The summed E-state index contributed by atoms with van der Waals surface area (Å²) >= 11 is 0. The maximum atomic E-state index is 15.2. The first-order chi connectivity index (χ1) is 27.0. The number of fused-ring (bicyclic) bond motifs is 4. The van der Waals surface area contributed by atoms with Crippen molar-refractivity contribution in [3.05, 3.63) is 137 Å². The van der Waals surface area contributed by atoms with Crippen molar-refractivity contribution in [2.45, 2.75) is 18.3 Å². The number of aromatic carboxylic acids is 1. The quantitative estimate of drug-likeness (QED) is 0.136. The van der Waals surface area contributed by atoms with Gasteiger partial charge in [0.15, 0.2) is 23.1 Å². The topological polar surface area (TPSA) is 168 Å². The molecule has 282 valence electrons. The molecule has 11 nitrogen and oxygen atoms in total. The van der Waals surface area contributed by atoms with E-state index in [4.69, 9.17) is 9.47 Å². The van der Waals surface area contributed by atoms with E-state index in [1.807, 2.05) is 48.6 Å². The van der Waals surface area contributed by atoms with Gasteiger partial charge < -0.3 is 24.8 Å². The monoisotopic (exact) mass is 751 g/mol. The fourth-order valence-electron chi connectivity index (χ4n) is 9.43. The van der Waals surface area contributed by atoms with Gasteiger partial charge in [0.05, 0.1) is 37.2 Å². The Hall–Kier alpha value is -6.75. The number of hydrogen-bond acceptors (Lipinski definition) is 9. The number of carbonyl (C=O) groups excluding carboxylic acids is 4. The van der Waals surface area contributed by atoms with Gasteiger partial charge >= 0.3 is 5.97 Å². The first-order valence-corrected chi connectivity index (χ1v) is 18.2. The lowest BCUT2D eigenvalue weighted by Crippen LogP contribution is -2.59. The number of aromatic hydroxyl groups is 2. The van der Waals surface area contributed by atoms with Crippen LogP contribution in [0, 0.1) is 29.6 Å². The minimum Gasteiger partial charge on any atom is -0.507 e. The van der Waals surface area contributed by atoms with E-state index in [1.165, 1.54) is 26.4 Å².